The molecule has 0 unspecified atom stereocenters. The van der Waals surface area contributed by atoms with E-state index in [0.29, 0.717) is 12.5 Å². The van der Waals surface area contributed by atoms with E-state index in [-0.39, 0.29) is 11.9 Å². The molecule has 0 spiro atoms. The third-order valence-corrected chi connectivity index (χ3v) is 3.23. The van der Waals surface area contributed by atoms with Crippen LogP contribution in [-0.2, 0) is 11.3 Å². The van der Waals surface area contributed by atoms with Crippen LogP contribution in [0.3, 0.4) is 0 Å². The van der Waals surface area contributed by atoms with Gasteiger partial charge in [0, 0.05) is 25.1 Å². The fourth-order valence-corrected chi connectivity index (χ4v) is 1.97. The molecule has 6 nitrogen and oxygen atoms in total. The zero-order chi connectivity index (χ0) is 15.1. The van der Waals surface area contributed by atoms with Gasteiger partial charge in [0.25, 0.3) is 0 Å². The number of carbonyl (C=O) groups excluding carboxylic acids is 1. The summed E-state index contributed by atoms with van der Waals surface area (Å²) in [6.45, 7) is 5.26. The number of nitrogens with zero attached hydrogens (tertiary/aromatic N) is 4. The minimum absolute atomic E-state index is 0.126. The molecule has 2 heterocycles. The number of carbonyl (C=O) groups is 1. The second kappa shape index (κ2) is 7.44. The molecule has 2 aromatic heterocycles. The molecule has 0 aromatic carbocycles. The lowest BCUT2D eigenvalue weighted by Crippen LogP contribution is -2.41. The minimum atomic E-state index is -0.291. The Balaban J connectivity index is 1.99. The topological polar surface area (TPSA) is 71.0 Å². The second-order valence-electron chi connectivity index (χ2n) is 4.62. The Morgan fingerprint density at radius 3 is 2.52 bits per heavy atom. The fourth-order valence-electron chi connectivity index (χ4n) is 1.97. The summed E-state index contributed by atoms with van der Waals surface area (Å²) in [6.07, 6.45) is 4.95. The molecule has 6 heteroatoms. The predicted molar refractivity (Wildman–Crippen MR) is 80.4 cm³/mol. The van der Waals surface area contributed by atoms with Crippen molar-refractivity contribution in [2.24, 2.45) is 0 Å². The molecule has 1 amide bonds. The molecule has 0 bridgehead atoms. The van der Waals surface area contributed by atoms with Gasteiger partial charge in [-0.15, -0.1) is 0 Å². The van der Waals surface area contributed by atoms with Crippen molar-refractivity contribution in [1.29, 1.82) is 0 Å². The fraction of sp³-hybridized carbons (Fsp3) is 0.333. The van der Waals surface area contributed by atoms with Gasteiger partial charge in [0.1, 0.15) is 0 Å². The van der Waals surface area contributed by atoms with E-state index in [0.717, 1.165) is 12.2 Å². The number of aromatic nitrogens is 3. The smallest absolute Gasteiger partial charge is 0.243 e. The molecule has 0 fully saturated rings. The van der Waals surface area contributed by atoms with Crippen molar-refractivity contribution in [2.75, 3.05) is 11.9 Å². The summed E-state index contributed by atoms with van der Waals surface area (Å²) in [4.78, 5) is 26.6. The number of anilines is 1. The molecule has 0 aliphatic heterocycles. The number of hydrogen-bond acceptors (Lipinski definition) is 5. The van der Waals surface area contributed by atoms with Crippen LogP contribution >= 0.6 is 0 Å². The van der Waals surface area contributed by atoms with Crippen LogP contribution in [0.15, 0.2) is 42.9 Å². The van der Waals surface area contributed by atoms with Crippen molar-refractivity contribution < 1.29 is 4.79 Å². The lowest BCUT2D eigenvalue weighted by Gasteiger charge is -2.26. The summed E-state index contributed by atoms with van der Waals surface area (Å²) in [5.41, 5.74) is 0.940. The summed E-state index contributed by atoms with van der Waals surface area (Å²) in [5.74, 6) is 0.197. The first kappa shape index (κ1) is 15.1. The summed E-state index contributed by atoms with van der Waals surface area (Å²) >= 11 is 0. The molecular weight excluding hydrogens is 266 g/mol. The zero-order valence-corrected chi connectivity index (χ0v) is 12.2. The maximum absolute atomic E-state index is 12.2. The largest absolute Gasteiger partial charge is 0.293 e. The van der Waals surface area contributed by atoms with Crippen molar-refractivity contribution in [2.45, 2.75) is 26.4 Å². The molecule has 110 valence electrons. The number of pyridine rings is 1. The first-order valence-electron chi connectivity index (χ1n) is 6.92. The van der Waals surface area contributed by atoms with Crippen LogP contribution in [-0.4, -0.2) is 38.3 Å². The van der Waals surface area contributed by atoms with Crippen LogP contribution in [0.4, 0.5) is 5.95 Å². The quantitative estimate of drug-likeness (QED) is 0.875. The lowest BCUT2D eigenvalue weighted by atomic mass is 10.2. The highest BCUT2D eigenvalue weighted by Gasteiger charge is 2.21. The number of likely N-dealkylation sites (N-methyl/N-ethyl adjacent to an activating group) is 1. The monoisotopic (exact) mass is 285 g/mol. The number of nitrogens with one attached hydrogen (secondary N) is 1. The van der Waals surface area contributed by atoms with Gasteiger partial charge in [0.05, 0.1) is 11.7 Å². The molecule has 1 N–H and O–H groups in total. The average molecular weight is 285 g/mol. The summed E-state index contributed by atoms with van der Waals surface area (Å²) in [5, 5.41) is 2.72. The van der Waals surface area contributed by atoms with Crippen molar-refractivity contribution in [3.63, 3.8) is 0 Å². The number of rotatable bonds is 6. The third-order valence-electron chi connectivity index (χ3n) is 3.23. The lowest BCUT2D eigenvalue weighted by molar-refractivity contribution is -0.121. The van der Waals surface area contributed by atoms with E-state index in [1.807, 2.05) is 36.9 Å². The summed E-state index contributed by atoms with van der Waals surface area (Å²) in [6, 6.07) is 7.19. The molecular formula is C15H19N5O. The SMILES string of the molecule is CCN(Cc1ccccn1)[C@@H](C)C(=O)Nc1ncccn1. The molecule has 0 saturated heterocycles. The normalized spacial score (nSPS) is 12.1. The number of hydrogen-bond donors (Lipinski definition) is 1. The molecule has 0 saturated carbocycles. The molecule has 2 rings (SSSR count). The Labute approximate surface area is 124 Å². The van der Waals surface area contributed by atoms with Gasteiger partial charge in [-0.2, -0.15) is 0 Å². The maximum atomic E-state index is 12.2. The Hall–Kier alpha value is -2.34. The van der Waals surface area contributed by atoms with Crippen molar-refractivity contribution >= 4 is 11.9 Å². The molecule has 1 atom stereocenters. The van der Waals surface area contributed by atoms with E-state index >= 15 is 0 Å². The molecule has 0 aliphatic rings. The molecule has 0 radical (unpaired) electrons. The van der Waals surface area contributed by atoms with E-state index in [9.17, 15) is 4.79 Å². The van der Waals surface area contributed by atoms with E-state index in [4.69, 9.17) is 0 Å². The van der Waals surface area contributed by atoms with Gasteiger partial charge < -0.3 is 0 Å². The van der Waals surface area contributed by atoms with Gasteiger partial charge in [0.15, 0.2) is 0 Å². The maximum Gasteiger partial charge on any atom is 0.243 e. The van der Waals surface area contributed by atoms with Crippen LogP contribution in [0.5, 0.6) is 0 Å². The van der Waals surface area contributed by atoms with Gasteiger partial charge in [-0.3, -0.25) is 20.0 Å². The summed E-state index contributed by atoms with van der Waals surface area (Å²) < 4.78 is 0. The first-order chi connectivity index (χ1) is 10.2. The summed E-state index contributed by atoms with van der Waals surface area (Å²) in [7, 11) is 0. The van der Waals surface area contributed by atoms with Crippen LogP contribution < -0.4 is 5.32 Å². The Bertz CT molecular complexity index is 561. The first-order valence-corrected chi connectivity index (χ1v) is 6.92. The highest BCUT2D eigenvalue weighted by molar-refractivity contribution is 5.92. The van der Waals surface area contributed by atoms with E-state index in [1.165, 1.54) is 0 Å². The van der Waals surface area contributed by atoms with Gasteiger partial charge in [-0.1, -0.05) is 13.0 Å². The Kier molecular flexibility index (Phi) is 5.34. The van der Waals surface area contributed by atoms with Gasteiger partial charge in [0.2, 0.25) is 11.9 Å². The van der Waals surface area contributed by atoms with Crippen LogP contribution in [0.1, 0.15) is 19.5 Å². The van der Waals surface area contributed by atoms with Crippen LogP contribution in [0.2, 0.25) is 0 Å². The highest BCUT2D eigenvalue weighted by Crippen LogP contribution is 2.07. The van der Waals surface area contributed by atoms with Gasteiger partial charge >= 0.3 is 0 Å². The standard InChI is InChI=1S/C15H19N5O/c1-3-20(11-13-7-4-5-8-16-13)12(2)14(21)19-15-17-9-6-10-18-15/h4-10,12H,3,11H2,1-2H3,(H,17,18,19,21)/t12-/m0/s1. The van der Waals surface area contributed by atoms with Crippen LogP contribution in [0.25, 0.3) is 0 Å². The van der Waals surface area contributed by atoms with E-state index < -0.39 is 0 Å². The number of amides is 1. The van der Waals surface area contributed by atoms with Crippen molar-refractivity contribution in [3.8, 4) is 0 Å². The van der Waals surface area contributed by atoms with E-state index in [1.54, 1.807) is 24.7 Å². The minimum Gasteiger partial charge on any atom is -0.293 e. The molecule has 0 aliphatic carbocycles. The molecule has 2 aromatic rings. The molecule has 21 heavy (non-hydrogen) atoms. The van der Waals surface area contributed by atoms with Crippen LogP contribution in [0, 0.1) is 0 Å². The van der Waals surface area contributed by atoms with Gasteiger partial charge in [-0.05, 0) is 31.7 Å². The van der Waals surface area contributed by atoms with Crippen molar-refractivity contribution in [1.82, 2.24) is 19.9 Å². The second-order valence-corrected chi connectivity index (χ2v) is 4.62. The van der Waals surface area contributed by atoms with E-state index in [2.05, 4.69) is 20.3 Å². The zero-order valence-electron chi connectivity index (χ0n) is 12.2. The van der Waals surface area contributed by atoms with Gasteiger partial charge in [-0.25, -0.2) is 9.97 Å². The Morgan fingerprint density at radius 2 is 1.90 bits per heavy atom. The Morgan fingerprint density at radius 1 is 1.19 bits per heavy atom. The average Bonchev–Trinajstić information content (AvgIpc) is 2.54. The predicted octanol–water partition coefficient (Wildman–Crippen LogP) is 1.72. The highest BCUT2D eigenvalue weighted by atomic mass is 16.2. The van der Waals surface area contributed by atoms with Crippen molar-refractivity contribution in [3.05, 3.63) is 48.5 Å². The third kappa shape index (κ3) is 4.32.